The van der Waals surface area contributed by atoms with Crippen LogP contribution in [0.3, 0.4) is 0 Å². The van der Waals surface area contributed by atoms with E-state index in [1.54, 1.807) is 18.8 Å². The number of rotatable bonds is 6. The Kier molecular flexibility index (Phi) is 8.12. The molecular formula is C17H29N3OS2. The molecule has 1 unspecified atom stereocenters. The molecule has 0 amide bonds. The lowest BCUT2D eigenvalue weighted by Gasteiger charge is -2.23. The SMILES string of the molecule is CN=C(NCCS(=O)C(C)(C)C)N(C)Cc1ccc(SC)cc1. The Balaban J connectivity index is 2.51. The summed E-state index contributed by atoms with van der Waals surface area (Å²) < 4.78 is 11.9. The fourth-order valence-electron chi connectivity index (χ4n) is 2.03. The van der Waals surface area contributed by atoms with Crippen LogP contribution >= 0.6 is 11.8 Å². The Morgan fingerprint density at radius 1 is 1.30 bits per heavy atom. The monoisotopic (exact) mass is 355 g/mol. The Labute approximate surface area is 147 Å². The molecule has 0 spiro atoms. The topological polar surface area (TPSA) is 44.7 Å². The van der Waals surface area contributed by atoms with Crippen molar-refractivity contribution >= 4 is 28.5 Å². The second kappa shape index (κ2) is 9.33. The van der Waals surface area contributed by atoms with Crippen molar-refractivity contribution in [3.8, 4) is 0 Å². The van der Waals surface area contributed by atoms with Gasteiger partial charge >= 0.3 is 0 Å². The highest BCUT2D eigenvalue weighted by molar-refractivity contribution is 7.98. The number of thioether (sulfide) groups is 1. The zero-order valence-electron chi connectivity index (χ0n) is 15.0. The molecule has 0 saturated carbocycles. The molecule has 23 heavy (non-hydrogen) atoms. The van der Waals surface area contributed by atoms with Gasteiger partial charge in [0.2, 0.25) is 0 Å². The van der Waals surface area contributed by atoms with E-state index in [1.807, 2.05) is 27.8 Å². The summed E-state index contributed by atoms with van der Waals surface area (Å²) in [6.45, 7) is 7.45. The predicted octanol–water partition coefficient (Wildman–Crippen LogP) is 2.96. The van der Waals surface area contributed by atoms with Crippen molar-refractivity contribution < 1.29 is 4.21 Å². The van der Waals surface area contributed by atoms with Crippen molar-refractivity contribution in [2.75, 3.05) is 32.6 Å². The van der Waals surface area contributed by atoms with Gasteiger partial charge in [-0.15, -0.1) is 11.8 Å². The molecule has 0 bridgehead atoms. The van der Waals surface area contributed by atoms with Crippen molar-refractivity contribution in [1.82, 2.24) is 10.2 Å². The molecule has 1 N–H and O–H groups in total. The summed E-state index contributed by atoms with van der Waals surface area (Å²) in [5, 5.41) is 3.29. The molecule has 0 aromatic heterocycles. The third-order valence-corrected chi connectivity index (χ3v) is 6.09. The van der Waals surface area contributed by atoms with Crippen molar-refractivity contribution in [1.29, 1.82) is 0 Å². The minimum atomic E-state index is -0.849. The van der Waals surface area contributed by atoms with Crippen LogP contribution in [0.25, 0.3) is 0 Å². The summed E-state index contributed by atoms with van der Waals surface area (Å²) in [7, 11) is 2.94. The van der Waals surface area contributed by atoms with Gasteiger partial charge < -0.3 is 10.2 Å². The van der Waals surface area contributed by atoms with Crippen LogP contribution in [-0.2, 0) is 17.3 Å². The Morgan fingerprint density at radius 2 is 1.91 bits per heavy atom. The number of nitrogens with one attached hydrogen (secondary N) is 1. The average Bonchev–Trinajstić information content (AvgIpc) is 2.51. The first-order chi connectivity index (χ1) is 10.8. The first-order valence-corrected chi connectivity index (χ1v) is 10.3. The second-order valence-electron chi connectivity index (χ2n) is 6.34. The molecular weight excluding hydrogens is 326 g/mol. The molecule has 1 aromatic carbocycles. The van der Waals surface area contributed by atoms with Gasteiger partial charge in [0.05, 0.1) is 0 Å². The van der Waals surface area contributed by atoms with Crippen LogP contribution in [0.5, 0.6) is 0 Å². The second-order valence-corrected chi connectivity index (χ2v) is 9.54. The van der Waals surface area contributed by atoms with Crippen molar-refractivity contribution in [3.63, 3.8) is 0 Å². The first-order valence-electron chi connectivity index (χ1n) is 7.71. The number of hydrogen-bond acceptors (Lipinski definition) is 3. The van der Waals surface area contributed by atoms with E-state index < -0.39 is 10.8 Å². The van der Waals surface area contributed by atoms with Gasteiger partial charge in [-0.1, -0.05) is 12.1 Å². The lowest BCUT2D eigenvalue weighted by atomic mass is 10.2. The highest BCUT2D eigenvalue weighted by Gasteiger charge is 2.19. The van der Waals surface area contributed by atoms with E-state index in [1.165, 1.54) is 10.5 Å². The summed E-state index contributed by atoms with van der Waals surface area (Å²) in [5.74, 6) is 1.45. The zero-order valence-corrected chi connectivity index (χ0v) is 16.7. The smallest absolute Gasteiger partial charge is 0.193 e. The van der Waals surface area contributed by atoms with Crippen LogP contribution < -0.4 is 5.32 Å². The molecule has 0 saturated heterocycles. The number of nitrogens with zero attached hydrogens (tertiary/aromatic N) is 2. The summed E-state index contributed by atoms with van der Waals surface area (Å²) in [6, 6.07) is 8.56. The maximum Gasteiger partial charge on any atom is 0.193 e. The highest BCUT2D eigenvalue weighted by atomic mass is 32.2. The summed E-state index contributed by atoms with van der Waals surface area (Å²) in [4.78, 5) is 7.65. The van der Waals surface area contributed by atoms with Crippen LogP contribution in [0.4, 0.5) is 0 Å². The molecule has 0 radical (unpaired) electrons. The van der Waals surface area contributed by atoms with Crippen LogP contribution in [0.15, 0.2) is 34.2 Å². The van der Waals surface area contributed by atoms with Crippen molar-refractivity contribution in [3.05, 3.63) is 29.8 Å². The quantitative estimate of drug-likeness (QED) is 0.484. The van der Waals surface area contributed by atoms with E-state index in [9.17, 15) is 4.21 Å². The van der Waals surface area contributed by atoms with Gasteiger partial charge in [-0.2, -0.15) is 0 Å². The van der Waals surface area contributed by atoms with E-state index >= 15 is 0 Å². The van der Waals surface area contributed by atoms with E-state index in [2.05, 4.69) is 45.7 Å². The minimum Gasteiger partial charge on any atom is -0.355 e. The number of guanidine groups is 1. The third kappa shape index (κ3) is 6.96. The van der Waals surface area contributed by atoms with E-state index in [0.29, 0.717) is 12.3 Å². The van der Waals surface area contributed by atoms with Gasteiger partial charge in [0.15, 0.2) is 5.96 Å². The fourth-order valence-corrected chi connectivity index (χ4v) is 3.33. The molecule has 0 fully saturated rings. The maximum atomic E-state index is 12.1. The zero-order chi connectivity index (χ0) is 17.5. The average molecular weight is 356 g/mol. The Hall–Kier alpha value is -1.01. The van der Waals surface area contributed by atoms with E-state index in [0.717, 1.165) is 12.5 Å². The van der Waals surface area contributed by atoms with Gasteiger partial charge in [0.1, 0.15) is 0 Å². The largest absolute Gasteiger partial charge is 0.355 e. The number of benzene rings is 1. The van der Waals surface area contributed by atoms with Crippen LogP contribution in [0, 0.1) is 0 Å². The van der Waals surface area contributed by atoms with Crippen LogP contribution in [0.2, 0.25) is 0 Å². The molecule has 1 rings (SSSR count). The molecule has 4 nitrogen and oxygen atoms in total. The van der Waals surface area contributed by atoms with Gasteiger partial charge in [-0.3, -0.25) is 9.20 Å². The lowest BCUT2D eigenvalue weighted by Crippen LogP contribution is -2.41. The minimum absolute atomic E-state index is 0.170. The molecule has 0 aliphatic heterocycles. The first kappa shape index (κ1) is 20.0. The Bertz CT molecular complexity index is 536. The number of aliphatic imine (C=N–C) groups is 1. The third-order valence-electron chi connectivity index (χ3n) is 3.41. The fraction of sp³-hybridized carbons (Fsp3) is 0.588. The van der Waals surface area contributed by atoms with Crippen LogP contribution in [0.1, 0.15) is 26.3 Å². The van der Waals surface area contributed by atoms with Crippen molar-refractivity contribution in [2.24, 2.45) is 4.99 Å². The normalized spacial score (nSPS) is 13.7. The number of hydrogen-bond donors (Lipinski definition) is 1. The summed E-state index contributed by atoms with van der Waals surface area (Å²) in [5.41, 5.74) is 1.24. The molecule has 0 aliphatic rings. The maximum absolute atomic E-state index is 12.1. The Morgan fingerprint density at radius 3 is 2.39 bits per heavy atom. The predicted molar refractivity (Wildman–Crippen MR) is 104 cm³/mol. The standard InChI is InChI=1S/C17H29N3OS2/c1-17(2,3)23(21)12-11-19-16(18-4)20(5)13-14-7-9-15(22-6)10-8-14/h7-10H,11-13H2,1-6H3,(H,18,19). The molecule has 0 aliphatic carbocycles. The lowest BCUT2D eigenvalue weighted by molar-refractivity contribution is 0.479. The summed E-state index contributed by atoms with van der Waals surface area (Å²) in [6.07, 6.45) is 2.08. The molecule has 1 aromatic rings. The molecule has 1 atom stereocenters. The van der Waals surface area contributed by atoms with Gasteiger partial charge in [-0.25, -0.2) is 0 Å². The van der Waals surface area contributed by atoms with E-state index in [4.69, 9.17) is 0 Å². The molecule has 6 heteroatoms. The molecule has 0 heterocycles. The van der Waals surface area contributed by atoms with Crippen LogP contribution in [-0.4, -0.2) is 52.5 Å². The molecule has 130 valence electrons. The highest BCUT2D eigenvalue weighted by Crippen LogP contribution is 2.15. The summed E-state index contributed by atoms with van der Waals surface area (Å²) >= 11 is 1.74. The van der Waals surface area contributed by atoms with Crippen molar-refractivity contribution in [2.45, 2.75) is 37.0 Å². The van der Waals surface area contributed by atoms with E-state index in [-0.39, 0.29) is 4.75 Å². The van der Waals surface area contributed by atoms with Gasteiger partial charge in [0.25, 0.3) is 0 Å². The van der Waals surface area contributed by atoms with Gasteiger partial charge in [0, 0.05) is 53.4 Å². The van der Waals surface area contributed by atoms with Gasteiger partial charge in [-0.05, 0) is 44.7 Å².